The summed E-state index contributed by atoms with van der Waals surface area (Å²) < 4.78 is 1.41. The summed E-state index contributed by atoms with van der Waals surface area (Å²) in [5.74, 6) is -1.28. The van der Waals surface area contributed by atoms with Gasteiger partial charge in [0.25, 0.3) is 0 Å². The average Bonchev–Trinajstić information content (AvgIpc) is 2.95. The molecule has 2 N–H and O–H groups in total. The van der Waals surface area contributed by atoms with Gasteiger partial charge < -0.3 is 15.0 Å². The number of thiazole rings is 1. The average molecular weight is 307 g/mol. The van der Waals surface area contributed by atoms with E-state index in [9.17, 15) is 9.59 Å². The third-order valence-corrected chi connectivity index (χ3v) is 4.33. The van der Waals surface area contributed by atoms with Gasteiger partial charge in [-0.15, -0.1) is 11.3 Å². The van der Waals surface area contributed by atoms with Crippen molar-refractivity contribution in [1.29, 1.82) is 0 Å². The molecule has 21 heavy (non-hydrogen) atoms. The fraction of sp³-hybridized carbons (Fsp3) is 0.357. The standard InChI is InChI=1S/C14H17N3O3S/c1-8-13(21-10(3)15-8)9(2)16-12(18)7-17-6-4-5-11(17)14(19)20/h4-6,9H,7H2,1-3H3,(H,16,18)(H,19,20). The van der Waals surface area contributed by atoms with Crippen LogP contribution in [-0.2, 0) is 11.3 Å². The van der Waals surface area contributed by atoms with Crippen LogP contribution in [0, 0.1) is 13.8 Å². The molecule has 1 unspecified atom stereocenters. The summed E-state index contributed by atoms with van der Waals surface area (Å²) >= 11 is 1.55. The zero-order valence-electron chi connectivity index (χ0n) is 12.1. The maximum atomic E-state index is 12.0. The topological polar surface area (TPSA) is 84.2 Å². The molecule has 0 bridgehead atoms. The molecule has 1 amide bonds. The molecule has 2 aromatic rings. The minimum Gasteiger partial charge on any atom is -0.477 e. The van der Waals surface area contributed by atoms with Gasteiger partial charge in [0, 0.05) is 11.1 Å². The van der Waals surface area contributed by atoms with E-state index < -0.39 is 5.97 Å². The number of nitrogens with zero attached hydrogens (tertiary/aromatic N) is 2. The van der Waals surface area contributed by atoms with Gasteiger partial charge in [0.2, 0.25) is 5.91 Å². The van der Waals surface area contributed by atoms with Crippen LogP contribution < -0.4 is 5.32 Å². The lowest BCUT2D eigenvalue weighted by molar-refractivity contribution is -0.122. The van der Waals surface area contributed by atoms with E-state index >= 15 is 0 Å². The van der Waals surface area contributed by atoms with Gasteiger partial charge >= 0.3 is 5.97 Å². The van der Waals surface area contributed by atoms with E-state index in [1.165, 1.54) is 10.6 Å². The largest absolute Gasteiger partial charge is 0.477 e. The number of carbonyl (C=O) groups is 2. The van der Waals surface area contributed by atoms with Crippen molar-refractivity contribution >= 4 is 23.2 Å². The summed E-state index contributed by atoms with van der Waals surface area (Å²) in [5, 5.41) is 12.8. The van der Waals surface area contributed by atoms with E-state index in [0.717, 1.165) is 15.6 Å². The third-order valence-electron chi connectivity index (χ3n) is 3.07. The number of aromatic carboxylic acids is 1. The number of aromatic nitrogens is 2. The summed E-state index contributed by atoms with van der Waals surface area (Å²) in [6.07, 6.45) is 1.58. The second-order valence-corrected chi connectivity index (χ2v) is 6.03. The Balaban J connectivity index is 2.03. The normalized spacial score (nSPS) is 12.1. The fourth-order valence-corrected chi connectivity index (χ4v) is 3.13. The SMILES string of the molecule is Cc1nc(C)c(C(C)NC(=O)Cn2cccc2C(=O)O)s1. The molecule has 6 nitrogen and oxygen atoms in total. The summed E-state index contributed by atoms with van der Waals surface area (Å²) in [4.78, 5) is 28.4. The highest BCUT2D eigenvalue weighted by Gasteiger charge is 2.17. The minimum atomic E-state index is -1.05. The molecule has 0 aliphatic heterocycles. The summed E-state index contributed by atoms with van der Waals surface area (Å²) in [7, 11) is 0. The Hall–Kier alpha value is -2.15. The van der Waals surface area contributed by atoms with Crippen LogP contribution in [0.4, 0.5) is 0 Å². The predicted octanol–water partition coefficient (Wildman–Crippen LogP) is 2.14. The van der Waals surface area contributed by atoms with Gasteiger partial charge in [-0.3, -0.25) is 4.79 Å². The van der Waals surface area contributed by atoms with E-state index in [1.807, 2.05) is 20.8 Å². The smallest absolute Gasteiger partial charge is 0.352 e. The quantitative estimate of drug-likeness (QED) is 0.886. The van der Waals surface area contributed by atoms with Crippen molar-refractivity contribution in [2.24, 2.45) is 0 Å². The number of hydrogen-bond acceptors (Lipinski definition) is 4. The van der Waals surface area contributed by atoms with Crippen molar-refractivity contribution in [1.82, 2.24) is 14.9 Å². The first kappa shape index (κ1) is 15.2. The fourth-order valence-electron chi connectivity index (χ4n) is 2.20. The van der Waals surface area contributed by atoms with Gasteiger partial charge in [-0.05, 0) is 32.9 Å². The molecule has 0 saturated heterocycles. The van der Waals surface area contributed by atoms with Crippen LogP contribution in [0.2, 0.25) is 0 Å². The molecular weight excluding hydrogens is 290 g/mol. The first-order valence-corrected chi connectivity index (χ1v) is 7.32. The molecule has 0 aliphatic rings. The highest BCUT2D eigenvalue weighted by molar-refractivity contribution is 7.11. The first-order chi connectivity index (χ1) is 9.88. The van der Waals surface area contributed by atoms with Gasteiger partial charge in [0.15, 0.2) is 0 Å². The predicted molar refractivity (Wildman–Crippen MR) is 79.5 cm³/mol. The lowest BCUT2D eigenvalue weighted by atomic mass is 10.2. The second kappa shape index (κ2) is 6.09. The zero-order valence-corrected chi connectivity index (χ0v) is 12.9. The molecule has 1 atom stereocenters. The molecule has 0 saturated carbocycles. The number of carboxylic acids is 1. The van der Waals surface area contributed by atoms with Crippen molar-refractivity contribution in [2.45, 2.75) is 33.4 Å². The van der Waals surface area contributed by atoms with Crippen molar-refractivity contribution in [3.63, 3.8) is 0 Å². The molecule has 0 spiro atoms. The molecule has 0 aliphatic carbocycles. The minimum absolute atomic E-state index is 0.0180. The van der Waals surface area contributed by atoms with E-state index in [1.54, 1.807) is 23.6 Å². The molecule has 2 heterocycles. The molecule has 2 rings (SSSR count). The third kappa shape index (κ3) is 3.49. The zero-order chi connectivity index (χ0) is 15.6. The van der Waals surface area contributed by atoms with E-state index in [4.69, 9.17) is 5.11 Å². The number of aryl methyl sites for hydroxylation is 2. The van der Waals surface area contributed by atoms with E-state index in [2.05, 4.69) is 10.3 Å². The van der Waals surface area contributed by atoms with E-state index in [-0.39, 0.29) is 24.2 Å². The number of nitrogens with one attached hydrogen (secondary N) is 1. The van der Waals surface area contributed by atoms with Crippen LogP contribution in [0.25, 0.3) is 0 Å². The lowest BCUT2D eigenvalue weighted by Crippen LogP contribution is -2.30. The van der Waals surface area contributed by atoms with Crippen molar-refractivity contribution in [3.05, 3.63) is 39.6 Å². The molecule has 7 heteroatoms. The number of rotatable bonds is 5. The molecule has 0 aromatic carbocycles. The molecule has 0 radical (unpaired) electrons. The van der Waals surface area contributed by atoms with Crippen LogP contribution in [0.1, 0.15) is 39.0 Å². The van der Waals surface area contributed by atoms with Crippen molar-refractivity contribution < 1.29 is 14.7 Å². The second-order valence-electron chi connectivity index (χ2n) is 4.80. The highest BCUT2D eigenvalue weighted by Crippen LogP contribution is 2.24. The molecule has 0 fully saturated rings. The van der Waals surface area contributed by atoms with Gasteiger partial charge in [0.1, 0.15) is 12.2 Å². The van der Waals surface area contributed by atoms with Gasteiger partial charge in [-0.2, -0.15) is 0 Å². The number of hydrogen-bond donors (Lipinski definition) is 2. The maximum Gasteiger partial charge on any atom is 0.352 e. The van der Waals surface area contributed by atoms with Crippen LogP contribution in [0.5, 0.6) is 0 Å². The maximum absolute atomic E-state index is 12.0. The van der Waals surface area contributed by atoms with Crippen molar-refractivity contribution in [2.75, 3.05) is 0 Å². The molecular formula is C14H17N3O3S. The number of carbonyl (C=O) groups excluding carboxylic acids is 1. The Morgan fingerprint density at radius 3 is 2.76 bits per heavy atom. The lowest BCUT2D eigenvalue weighted by Gasteiger charge is -2.14. The van der Waals surface area contributed by atoms with Crippen LogP contribution in [0.3, 0.4) is 0 Å². The molecule has 112 valence electrons. The first-order valence-electron chi connectivity index (χ1n) is 6.50. The van der Waals surface area contributed by atoms with Gasteiger partial charge in [-0.1, -0.05) is 0 Å². The van der Waals surface area contributed by atoms with E-state index in [0.29, 0.717) is 0 Å². The Labute approximate surface area is 126 Å². The van der Waals surface area contributed by atoms with Crippen molar-refractivity contribution in [3.8, 4) is 0 Å². The number of amides is 1. The number of carboxylic acid groups (broad SMARTS) is 1. The highest BCUT2D eigenvalue weighted by atomic mass is 32.1. The Kier molecular flexibility index (Phi) is 4.42. The Morgan fingerprint density at radius 2 is 2.19 bits per heavy atom. The van der Waals surface area contributed by atoms with Crippen LogP contribution >= 0.6 is 11.3 Å². The van der Waals surface area contributed by atoms with Gasteiger partial charge in [-0.25, -0.2) is 9.78 Å². The molecule has 2 aromatic heterocycles. The Bertz CT molecular complexity index is 675. The summed E-state index contributed by atoms with van der Waals surface area (Å²) in [6.45, 7) is 5.71. The van der Waals surface area contributed by atoms with Crippen LogP contribution in [-0.4, -0.2) is 26.5 Å². The van der Waals surface area contributed by atoms with Gasteiger partial charge in [0.05, 0.1) is 16.7 Å². The Morgan fingerprint density at radius 1 is 1.48 bits per heavy atom. The monoisotopic (exact) mass is 307 g/mol. The summed E-state index contributed by atoms with van der Waals surface area (Å²) in [5.41, 5.74) is 1.01. The van der Waals surface area contributed by atoms with Crippen LogP contribution in [0.15, 0.2) is 18.3 Å². The summed E-state index contributed by atoms with van der Waals surface area (Å²) in [6, 6.07) is 2.93.